The Balaban J connectivity index is 7.88. The van der Waals surface area contributed by atoms with Crippen LogP contribution in [0, 0.1) is 0 Å². The molecule has 0 rings (SSSR count). The molecule has 0 radical (unpaired) electrons. The van der Waals surface area contributed by atoms with Crippen LogP contribution < -0.4 is 0 Å². The van der Waals surface area contributed by atoms with E-state index in [4.69, 9.17) is 0 Å². The molecule has 0 saturated carbocycles. The lowest BCUT2D eigenvalue weighted by atomic mass is 10.0. The molecule has 0 saturated heterocycles. The predicted octanol–water partition coefficient (Wildman–Crippen LogP) is 5.34. The number of hydrogen-bond donors (Lipinski definition) is 0. The Kier molecular flexibility index (Phi) is 8.88. The van der Waals surface area contributed by atoms with E-state index < -0.39 is 69.8 Å². The number of nitrogens with zero attached hydrogens (tertiary/aromatic N) is 2. The van der Waals surface area contributed by atoms with Gasteiger partial charge in [0.05, 0.1) is 0 Å². The lowest BCUT2D eigenvalue weighted by molar-refractivity contribution is -0.334. The first-order valence-electron chi connectivity index (χ1n) is 7.86. The van der Waals surface area contributed by atoms with Gasteiger partial charge in [0, 0.05) is 28.2 Å². The second-order valence-corrected chi connectivity index (χ2v) is 7.64. The fourth-order valence-corrected chi connectivity index (χ4v) is 2.73. The van der Waals surface area contributed by atoms with Crippen LogP contribution in [0.15, 0.2) is 10.7 Å². The van der Waals surface area contributed by atoms with E-state index >= 15 is 0 Å². The number of halogens is 14. The minimum atomic E-state index is -7.29. The molecule has 0 heterocycles. The lowest BCUT2D eigenvalue weighted by Crippen LogP contribution is -2.57. The summed E-state index contributed by atoms with van der Waals surface area (Å²) in [5, 5.41) is -6.76. The van der Waals surface area contributed by atoms with Crippen LogP contribution in [0.2, 0.25) is 0 Å². The highest BCUT2D eigenvalue weighted by atomic mass is 32.2. The Morgan fingerprint density at radius 1 is 0.618 bits per heavy atom. The van der Waals surface area contributed by atoms with E-state index in [1.165, 1.54) is 0 Å². The van der Waals surface area contributed by atoms with E-state index in [2.05, 4.69) is 4.74 Å². The smallest absolute Gasteiger partial charge is 0.409 e. The van der Waals surface area contributed by atoms with Crippen LogP contribution in [0.3, 0.4) is 0 Å². The first-order chi connectivity index (χ1) is 14.7. The fourth-order valence-electron chi connectivity index (χ4n) is 1.68. The van der Waals surface area contributed by atoms with Gasteiger partial charge in [0.1, 0.15) is 4.91 Å². The van der Waals surface area contributed by atoms with Crippen molar-refractivity contribution in [2.24, 2.45) is 0 Å². The standard InChI is InChI=1S/C14H12F14N2O3S/c1-29(2)7(31)5(34-10(16,13(23,24)25)14(26,27)28)6(33-8(32)30(3)4)9(15,11(17,18)19)12(20,21)22/h1-4H3/b6-5+. The maximum absolute atomic E-state index is 14.7. The van der Waals surface area contributed by atoms with Crippen molar-refractivity contribution < 1.29 is 75.8 Å². The Hall–Kier alpha value is -2.15. The average molecular weight is 554 g/mol. The van der Waals surface area contributed by atoms with Gasteiger partial charge >= 0.3 is 41.5 Å². The van der Waals surface area contributed by atoms with E-state index in [9.17, 15) is 71.1 Å². The van der Waals surface area contributed by atoms with Gasteiger partial charge in [-0.25, -0.2) is 13.6 Å². The summed E-state index contributed by atoms with van der Waals surface area (Å²) in [7, 11) is 1.87. The number of thioether (sulfide) groups is 1. The van der Waals surface area contributed by atoms with E-state index in [0.29, 0.717) is 28.2 Å². The Labute approximate surface area is 184 Å². The lowest BCUT2D eigenvalue weighted by Gasteiger charge is -2.35. The number of allylic oxidation sites excluding steroid dienone is 1. The SMILES string of the molecule is CN(C)C(=O)O/C(=C(/SC(F)(C(F)(F)F)C(F)(F)F)C(=O)N(C)C)C(F)(C(F)(F)F)C(F)(F)F. The van der Waals surface area contributed by atoms with Gasteiger partial charge in [-0.3, -0.25) is 4.79 Å². The third-order valence-corrected chi connectivity index (χ3v) is 4.74. The molecule has 200 valence electrons. The van der Waals surface area contributed by atoms with Crippen LogP contribution in [0.25, 0.3) is 0 Å². The van der Waals surface area contributed by atoms with Crippen molar-refractivity contribution in [3.05, 3.63) is 10.7 Å². The van der Waals surface area contributed by atoms with Crippen LogP contribution in [0.5, 0.6) is 0 Å². The second kappa shape index (κ2) is 9.48. The van der Waals surface area contributed by atoms with Crippen molar-refractivity contribution in [2.45, 2.75) is 35.4 Å². The molecule has 2 amide bonds. The number of amides is 2. The summed E-state index contributed by atoms with van der Waals surface area (Å²) in [6.07, 6.45) is -31.2. The summed E-state index contributed by atoms with van der Waals surface area (Å²) in [6, 6.07) is 0. The minimum Gasteiger partial charge on any atom is -0.409 e. The van der Waals surface area contributed by atoms with E-state index in [1.54, 1.807) is 0 Å². The Bertz CT molecular complexity index is 782. The van der Waals surface area contributed by atoms with Gasteiger partial charge in [0.2, 0.25) is 0 Å². The molecule has 0 fully saturated rings. The molecule has 0 spiro atoms. The van der Waals surface area contributed by atoms with Crippen LogP contribution in [0.4, 0.5) is 66.3 Å². The minimum absolute atomic E-state index is 0.0220. The maximum Gasteiger partial charge on any atom is 0.441 e. The Morgan fingerprint density at radius 3 is 1.21 bits per heavy atom. The zero-order chi connectivity index (χ0) is 27.9. The fraction of sp³-hybridized carbons (Fsp3) is 0.714. The molecule has 0 aliphatic rings. The zero-order valence-corrected chi connectivity index (χ0v) is 17.6. The van der Waals surface area contributed by atoms with Gasteiger partial charge in [0.15, 0.2) is 5.76 Å². The maximum atomic E-state index is 14.7. The molecule has 20 heteroatoms. The van der Waals surface area contributed by atoms with Crippen molar-refractivity contribution in [2.75, 3.05) is 28.2 Å². The van der Waals surface area contributed by atoms with E-state index in [1.807, 2.05) is 0 Å². The predicted molar refractivity (Wildman–Crippen MR) is 85.4 cm³/mol. The van der Waals surface area contributed by atoms with Gasteiger partial charge < -0.3 is 14.5 Å². The monoisotopic (exact) mass is 554 g/mol. The molecule has 0 aromatic carbocycles. The third kappa shape index (κ3) is 5.91. The summed E-state index contributed by atoms with van der Waals surface area (Å²) in [5.41, 5.74) is -7.04. The number of hydrogen-bond acceptors (Lipinski definition) is 4. The quantitative estimate of drug-likeness (QED) is 0.262. The van der Waals surface area contributed by atoms with Gasteiger partial charge in [-0.1, -0.05) is 11.8 Å². The normalized spacial score (nSPS) is 15.0. The van der Waals surface area contributed by atoms with Crippen molar-refractivity contribution in [1.29, 1.82) is 0 Å². The Morgan fingerprint density at radius 2 is 0.971 bits per heavy atom. The van der Waals surface area contributed by atoms with Crippen LogP contribution in [0.1, 0.15) is 0 Å². The van der Waals surface area contributed by atoms with Crippen molar-refractivity contribution in [3.8, 4) is 0 Å². The molecule has 34 heavy (non-hydrogen) atoms. The van der Waals surface area contributed by atoms with Crippen LogP contribution in [-0.4, -0.2) is 85.4 Å². The molecule has 0 unspecified atom stereocenters. The summed E-state index contributed by atoms with van der Waals surface area (Å²) in [4.78, 5) is 20.3. The zero-order valence-electron chi connectivity index (χ0n) is 16.8. The van der Waals surface area contributed by atoms with Crippen molar-refractivity contribution in [3.63, 3.8) is 0 Å². The number of carbonyl (C=O) groups is 2. The highest BCUT2D eigenvalue weighted by molar-refractivity contribution is 8.05. The molecular formula is C14H12F14N2O3S. The van der Waals surface area contributed by atoms with Crippen molar-refractivity contribution >= 4 is 23.8 Å². The largest absolute Gasteiger partial charge is 0.441 e. The molecule has 0 aromatic heterocycles. The summed E-state index contributed by atoms with van der Waals surface area (Å²) < 4.78 is 189. The molecule has 0 aliphatic heterocycles. The number of rotatable bonds is 5. The van der Waals surface area contributed by atoms with Gasteiger partial charge in [-0.2, -0.15) is 52.7 Å². The summed E-state index contributed by atoms with van der Waals surface area (Å²) in [5.74, 6) is -6.33. The highest BCUT2D eigenvalue weighted by Crippen LogP contribution is 2.59. The third-order valence-electron chi connectivity index (χ3n) is 3.43. The summed E-state index contributed by atoms with van der Waals surface area (Å²) >= 11 is -2.60. The number of carbonyl (C=O) groups excluding carboxylic acids is 2. The van der Waals surface area contributed by atoms with E-state index in [0.717, 1.165) is 0 Å². The van der Waals surface area contributed by atoms with Gasteiger partial charge in [-0.05, 0) is 0 Å². The van der Waals surface area contributed by atoms with Crippen LogP contribution >= 0.6 is 11.8 Å². The first kappa shape index (κ1) is 31.9. The van der Waals surface area contributed by atoms with Gasteiger partial charge in [-0.15, -0.1) is 0 Å². The number of alkyl halides is 14. The first-order valence-corrected chi connectivity index (χ1v) is 8.67. The van der Waals surface area contributed by atoms with E-state index in [-0.39, 0.29) is 9.80 Å². The molecule has 5 nitrogen and oxygen atoms in total. The van der Waals surface area contributed by atoms with Gasteiger partial charge in [0.25, 0.3) is 5.91 Å². The highest BCUT2D eigenvalue weighted by Gasteiger charge is 2.79. The molecule has 0 aliphatic carbocycles. The molecule has 0 aromatic rings. The molecule has 0 bridgehead atoms. The molecular weight excluding hydrogens is 542 g/mol. The topological polar surface area (TPSA) is 49.9 Å². The van der Waals surface area contributed by atoms with Crippen molar-refractivity contribution in [1.82, 2.24) is 9.80 Å². The number of likely N-dealkylation sites (N-methyl/N-ethyl adjacent to an activating group) is 1. The second-order valence-electron chi connectivity index (χ2n) is 6.47. The summed E-state index contributed by atoms with van der Waals surface area (Å²) in [6.45, 7) is 0. The molecule has 0 N–H and O–H groups in total. The van der Waals surface area contributed by atoms with Crippen LogP contribution in [-0.2, 0) is 9.53 Å². The molecule has 0 atom stereocenters. The average Bonchev–Trinajstić information content (AvgIpc) is 2.58. The number of ether oxygens (including phenoxy) is 1.